The minimum atomic E-state index is 0.0900. The Morgan fingerprint density at radius 2 is 2.19 bits per heavy atom. The Morgan fingerprint density at radius 1 is 1.38 bits per heavy atom. The molecular weight excluding hydrogens is 262 g/mol. The van der Waals surface area contributed by atoms with Crippen molar-refractivity contribution in [2.45, 2.75) is 32.7 Å². The van der Waals surface area contributed by atoms with E-state index in [1.54, 1.807) is 0 Å². The third-order valence-electron chi connectivity index (χ3n) is 4.18. The summed E-state index contributed by atoms with van der Waals surface area (Å²) >= 11 is 0. The highest BCUT2D eigenvalue weighted by atomic mass is 16.1. The number of imidazole rings is 1. The quantitative estimate of drug-likeness (QED) is 0.934. The molecule has 1 aromatic heterocycles. The maximum atomic E-state index is 12.2. The summed E-state index contributed by atoms with van der Waals surface area (Å²) in [6.07, 6.45) is 6.30. The molecule has 1 unspecified atom stereocenters. The minimum absolute atomic E-state index is 0.0900. The van der Waals surface area contributed by atoms with E-state index < -0.39 is 0 Å². The SMILES string of the molecule is Cc1ccc(CCNC(=O)C2CCn3cncc3C2)cc1. The Labute approximate surface area is 125 Å². The number of carbonyl (C=O) groups excluding carboxylic acids is 1. The summed E-state index contributed by atoms with van der Waals surface area (Å²) in [6.45, 7) is 3.68. The number of carbonyl (C=O) groups is 1. The van der Waals surface area contributed by atoms with Crippen molar-refractivity contribution in [3.63, 3.8) is 0 Å². The summed E-state index contributed by atoms with van der Waals surface area (Å²) in [5, 5.41) is 3.07. The molecule has 21 heavy (non-hydrogen) atoms. The van der Waals surface area contributed by atoms with Gasteiger partial charge in [0.2, 0.25) is 5.91 Å². The Morgan fingerprint density at radius 3 is 3.00 bits per heavy atom. The van der Waals surface area contributed by atoms with Crippen LogP contribution in [-0.4, -0.2) is 22.0 Å². The number of amides is 1. The van der Waals surface area contributed by atoms with Gasteiger partial charge in [0, 0.05) is 37.3 Å². The van der Waals surface area contributed by atoms with Gasteiger partial charge in [-0.3, -0.25) is 4.79 Å². The van der Waals surface area contributed by atoms with Crippen molar-refractivity contribution in [2.24, 2.45) is 5.92 Å². The molecule has 4 nitrogen and oxygen atoms in total. The van der Waals surface area contributed by atoms with Crippen LogP contribution in [0.5, 0.6) is 0 Å². The molecule has 4 heteroatoms. The molecule has 0 saturated heterocycles. The lowest BCUT2D eigenvalue weighted by Gasteiger charge is -2.22. The monoisotopic (exact) mass is 283 g/mol. The molecule has 1 aromatic carbocycles. The van der Waals surface area contributed by atoms with E-state index in [2.05, 4.69) is 46.1 Å². The Kier molecular flexibility index (Phi) is 4.04. The number of aryl methyl sites for hydroxylation is 2. The summed E-state index contributed by atoms with van der Waals surface area (Å²) < 4.78 is 2.14. The third-order valence-corrected chi connectivity index (χ3v) is 4.18. The fraction of sp³-hybridized carbons (Fsp3) is 0.412. The summed E-state index contributed by atoms with van der Waals surface area (Å²) in [4.78, 5) is 16.4. The van der Waals surface area contributed by atoms with Crippen LogP contribution in [-0.2, 0) is 24.2 Å². The van der Waals surface area contributed by atoms with E-state index in [1.807, 2.05) is 12.5 Å². The number of nitrogens with zero attached hydrogens (tertiary/aromatic N) is 2. The van der Waals surface area contributed by atoms with Gasteiger partial charge in [0.15, 0.2) is 0 Å². The van der Waals surface area contributed by atoms with Crippen LogP contribution < -0.4 is 5.32 Å². The van der Waals surface area contributed by atoms with Crippen molar-refractivity contribution in [3.8, 4) is 0 Å². The first-order valence-electron chi connectivity index (χ1n) is 7.54. The van der Waals surface area contributed by atoms with E-state index in [0.717, 1.165) is 25.8 Å². The van der Waals surface area contributed by atoms with Gasteiger partial charge in [-0.25, -0.2) is 4.98 Å². The van der Waals surface area contributed by atoms with Crippen molar-refractivity contribution in [1.82, 2.24) is 14.9 Å². The molecule has 1 atom stereocenters. The van der Waals surface area contributed by atoms with Gasteiger partial charge < -0.3 is 9.88 Å². The molecule has 1 aliphatic rings. The highest BCUT2D eigenvalue weighted by Crippen LogP contribution is 2.19. The zero-order valence-electron chi connectivity index (χ0n) is 12.4. The van der Waals surface area contributed by atoms with Crippen LogP contribution in [0, 0.1) is 12.8 Å². The van der Waals surface area contributed by atoms with Gasteiger partial charge >= 0.3 is 0 Å². The normalized spacial score (nSPS) is 17.3. The van der Waals surface area contributed by atoms with Crippen LogP contribution in [0.2, 0.25) is 0 Å². The lowest BCUT2D eigenvalue weighted by atomic mass is 9.95. The smallest absolute Gasteiger partial charge is 0.223 e. The molecule has 1 amide bonds. The molecule has 3 rings (SSSR count). The molecular formula is C17H21N3O. The van der Waals surface area contributed by atoms with Crippen molar-refractivity contribution < 1.29 is 4.79 Å². The first-order valence-corrected chi connectivity index (χ1v) is 7.54. The lowest BCUT2D eigenvalue weighted by Crippen LogP contribution is -2.36. The summed E-state index contributed by atoms with van der Waals surface area (Å²) in [6, 6.07) is 8.47. The number of fused-ring (bicyclic) bond motifs is 1. The van der Waals surface area contributed by atoms with Gasteiger partial charge in [-0.15, -0.1) is 0 Å². The maximum absolute atomic E-state index is 12.2. The summed E-state index contributed by atoms with van der Waals surface area (Å²) in [7, 11) is 0. The van der Waals surface area contributed by atoms with Crippen LogP contribution in [0.4, 0.5) is 0 Å². The molecule has 1 N–H and O–H groups in total. The van der Waals surface area contributed by atoms with E-state index in [1.165, 1.54) is 16.8 Å². The highest BCUT2D eigenvalue weighted by Gasteiger charge is 2.24. The summed E-state index contributed by atoms with van der Waals surface area (Å²) in [5.41, 5.74) is 3.70. The van der Waals surface area contributed by atoms with Crippen LogP contribution in [0.15, 0.2) is 36.8 Å². The fourth-order valence-corrected chi connectivity index (χ4v) is 2.82. The van der Waals surface area contributed by atoms with E-state index in [4.69, 9.17) is 0 Å². The number of aromatic nitrogens is 2. The second-order valence-electron chi connectivity index (χ2n) is 5.79. The van der Waals surface area contributed by atoms with Crippen molar-refractivity contribution in [2.75, 3.05) is 6.54 Å². The maximum Gasteiger partial charge on any atom is 0.223 e. The fourth-order valence-electron chi connectivity index (χ4n) is 2.82. The standard InChI is InChI=1S/C17H21N3O/c1-13-2-4-14(5-3-13)6-8-19-17(21)15-7-9-20-12-18-11-16(20)10-15/h2-5,11-12,15H,6-10H2,1H3,(H,19,21). The molecule has 0 saturated carbocycles. The van der Waals surface area contributed by atoms with E-state index in [0.29, 0.717) is 6.54 Å². The largest absolute Gasteiger partial charge is 0.356 e. The average Bonchev–Trinajstić information content (AvgIpc) is 2.96. The van der Waals surface area contributed by atoms with E-state index in [-0.39, 0.29) is 11.8 Å². The van der Waals surface area contributed by atoms with Gasteiger partial charge in [0.1, 0.15) is 0 Å². The highest BCUT2D eigenvalue weighted by molar-refractivity contribution is 5.79. The number of rotatable bonds is 4. The zero-order chi connectivity index (χ0) is 14.7. The van der Waals surface area contributed by atoms with Crippen LogP contribution in [0.3, 0.4) is 0 Å². The van der Waals surface area contributed by atoms with Gasteiger partial charge in [-0.1, -0.05) is 29.8 Å². The second kappa shape index (κ2) is 6.12. The van der Waals surface area contributed by atoms with Crippen LogP contribution in [0.25, 0.3) is 0 Å². The zero-order valence-corrected chi connectivity index (χ0v) is 12.4. The van der Waals surface area contributed by atoms with Gasteiger partial charge in [0.05, 0.1) is 6.33 Å². The molecule has 0 radical (unpaired) electrons. The van der Waals surface area contributed by atoms with Crippen LogP contribution in [0.1, 0.15) is 23.2 Å². The number of hydrogen-bond donors (Lipinski definition) is 1. The molecule has 110 valence electrons. The molecule has 0 bridgehead atoms. The van der Waals surface area contributed by atoms with Gasteiger partial charge in [0.25, 0.3) is 0 Å². The van der Waals surface area contributed by atoms with Crippen molar-refractivity contribution in [3.05, 3.63) is 53.6 Å². The third kappa shape index (κ3) is 3.32. The molecule has 2 heterocycles. The lowest BCUT2D eigenvalue weighted by molar-refractivity contribution is -0.125. The summed E-state index contributed by atoms with van der Waals surface area (Å²) in [5.74, 6) is 0.266. The van der Waals surface area contributed by atoms with Gasteiger partial charge in [-0.05, 0) is 25.3 Å². The Bertz CT molecular complexity index is 615. The first-order chi connectivity index (χ1) is 10.2. The average molecular weight is 283 g/mol. The predicted octanol–water partition coefficient (Wildman–Crippen LogP) is 2.11. The van der Waals surface area contributed by atoms with E-state index in [9.17, 15) is 4.79 Å². The number of benzene rings is 1. The Balaban J connectivity index is 1.48. The second-order valence-corrected chi connectivity index (χ2v) is 5.79. The molecule has 0 aliphatic carbocycles. The predicted molar refractivity (Wildman–Crippen MR) is 81.9 cm³/mol. The molecule has 0 fully saturated rings. The van der Waals surface area contributed by atoms with E-state index >= 15 is 0 Å². The van der Waals surface area contributed by atoms with Crippen molar-refractivity contribution in [1.29, 1.82) is 0 Å². The Hall–Kier alpha value is -2.10. The molecule has 1 aliphatic heterocycles. The van der Waals surface area contributed by atoms with Gasteiger partial charge in [-0.2, -0.15) is 0 Å². The first kappa shape index (κ1) is 13.9. The molecule has 2 aromatic rings. The van der Waals surface area contributed by atoms with Crippen LogP contribution >= 0.6 is 0 Å². The molecule has 0 spiro atoms. The number of nitrogens with one attached hydrogen (secondary N) is 1. The topological polar surface area (TPSA) is 46.9 Å². The van der Waals surface area contributed by atoms with Crippen molar-refractivity contribution >= 4 is 5.91 Å². The minimum Gasteiger partial charge on any atom is -0.356 e. The number of hydrogen-bond acceptors (Lipinski definition) is 2.